The van der Waals surface area contributed by atoms with Crippen molar-refractivity contribution < 1.29 is 9.53 Å². The molecular formula is C10H12O2S. The summed E-state index contributed by atoms with van der Waals surface area (Å²) in [6.45, 7) is 2.34. The van der Waals surface area contributed by atoms with Gasteiger partial charge in [0.1, 0.15) is 0 Å². The third-order valence-electron chi connectivity index (χ3n) is 2.39. The van der Waals surface area contributed by atoms with Crippen LogP contribution in [0.4, 0.5) is 0 Å². The molecule has 0 saturated heterocycles. The van der Waals surface area contributed by atoms with E-state index in [2.05, 4.69) is 10.8 Å². The van der Waals surface area contributed by atoms with Crippen LogP contribution in [0.5, 0.6) is 0 Å². The van der Waals surface area contributed by atoms with Crippen LogP contribution in [0.1, 0.15) is 18.1 Å². The van der Waals surface area contributed by atoms with E-state index in [9.17, 15) is 4.79 Å². The number of fused-ring (bicyclic) bond motifs is 1. The first-order chi connectivity index (χ1) is 6.31. The molecule has 0 radical (unpaired) electrons. The quantitative estimate of drug-likeness (QED) is 0.676. The Balaban J connectivity index is 2.01. The zero-order chi connectivity index (χ0) is 9.26. The lowest BCUT2D eigenvalue weighted by atomic mass is 10.1. The van der Waals surface area contributed by atoms with Gasteiger partial charge in [0, 0.05) is 0 Å². The predicted octanol–water partition coefficient (Wildman–Crippen LogP) is 2.03. The van der Waals surface area contributed by atoms with Gasteiger partial charge in [-0.3, -0.25) is 4.79 Å². The smallest absolute Gasteiger partial charge is 0.309 e. The van der Waals surface area contributed by atoms with Gasteiger partial charge >= 0.3 is 5.97 Å². The normalized spacial score (nSPS) is 15.8. The molecule has 0 unspecified atom stereocenters. The molecule has 3 heteroatoms. The SMILES string of the molecule is CCOC(=O)C1Cc2cscc2C1. The molecule has 2 rings (SSSR count). The van der Waals surface area contributed by atoms with Crippen LogP contribution in [0.3, 0.4) is 0 Å². The van der Waals surface area contributed by atoms with Crippen molar-refractivity contribution >= 4 is 17.3 Å². The van der Waals surface area contributed by atoms with Gasteiger partial charge in [-0.2, -0.15) is 11.3 Å². The molecule has 0 aliphatic heterocycles. The Kier molecular flexibility index (Phi) is 2.36. The average Bonchev–Trinajstić information content (AvgIpc) is 2.61. The van der Waals surface area contributed by atoms with Crippen LogP contribution in [-0.2, 0) is 22.4 Å². The van der Waals surface area contributed by atoms with Crippen LogP contribution in [-0.4, -0.2) is 12.6 Å². The van der Waals surface area contributed by atoms with Crippen molar-refractivity contribution in [2.75, 3.05) is 6.61 Å². The molecule has 0 fully saturated rings. The van der Waals surface area contributed by atoms with Crippen LogP contribution in [0.15, 0.2) is 10.8 Å². The van der Waals surface area contributed by atoms with Crippen molar-refractivity contribution in [1.82, 2.24) is 0 Å². The monoisotopic (exact) mass is 196 g/mol. The molecule has 70 valence electrons. The summed E-state index contributed by atoms with van der Waals surface area (Å²) in [5, 5.41) is 4.27. The fraction of sp³-hybridized carbons (Fsp3) is 0.500. The fourth-order valence-corrected chi connectivity index (χ4v) is 2.63. The summed E-state index contributed by atoms with van der Waals surface area (Å²) in [6.07, 6.45) is 1.75. The van der Waals surface area contributed by atoms with Gasteiger partial charge in [0.05, 0.1) is 12.5 Å². The largest absolute Gasteiger partial charge is 0.466 e. The number of carbonyl (C=O) groups excluding carboxylic acids is 1. The van der Waals surface area contributed by atoms with E-state index in [1.165, 1.54) is 11.1 Å². The van der Waals surface area contributed by atoms with Crippen molar-refractivity contribution in [3.05, 3.63) is 21.9 Å². The number of hydrogen-bond acceptors (Lipinski definition) is 3. The molecule has 2 nitrogen and oxygen atoms in total. The lowest BCUT2D eigenvalue weighted by molar-refractivity contribution is -0.147. The summed E-state index contributed by atoms with van der Waals surface area (Å²) in [6, 6.07) is 0. The summed E-state index contributed by atoms with van der Waals surface area (Å²) in [5.41, 5.74) is 2.67. The van der Waals surface area contributed by atoms with Crippen molar-refractivity contribution in [1.29, 1.82) is 0 Å². The van der Waals surface area contributed by atoms with Gasteiger partial charge in [0.2, 0.25) is 0 Å². The first-order valence-electron chi connectivity index (χ1n) is 4.52. The first kappa shape index (κ1) is 8.75. The Labute approximate surface area is 81.5 Å². The van der Waals surface area contributed by atoms with Crippen LogP contribution >= 0.6 is 11.3 Å². The molecule has 0 aromatic carbocycles. The number of esters is 1. The Hall–Kier alpha value is -0.830. The topological polar surface area (TPSA) is 26.3 Å². The maximum atomic E-state index is 11.4. The van der Waals surface area contributed by atoms with Crippen molar-refractivity contribution in [3.8, 4) is 0 Å². The second-order valence-electron chi connectivity index (χ2n) is 3.28. The average molecular weight is 196 g/mol. The van der Waals surface area contributed by atoms with Crippen molar-refractivity contribution in [2.24, 2.45) is 5.92 Å². The van der Waals surface area contributed by atoms with E-state index in [0.717, 1.165) is 12.8 Å². The minimum Gasteiger partial charge on any atom is -0.466 e. The molecule has 0 bridgehead atoms. The van der Waals surface area contributed by atoms with Crippen LogP contribution in [0.25, 0.3) is 0 Å². The molecular weight excluding hydrogens is 184 g/mol. The van der Waals surface area contributed by atoms with E-state index < -0.39 is 0 Å². The van der Waals surface area contributed by atoms with Gasteiger partial charge in [-0.25, -0.2) is 0 Å². The third kappa shape index (κ3) is 1.61. The Bertz CT molecular complexity index is 296. The van der Waals surface area contributed by atoms with E-state index >= 15 is 0 Å². The summed E-state index contributed by atoms with van der Waals surface area (Å²) >= 11 is 1.72. The molecule has 0 atom stereocenters. The summed E-state index contributed by atoms with van der Waals surface area (Å²) in [7, 11) is 0. The number of carbonyl (C=O) groups is 1. The molecule has 1 aliphatic carbocycles. The highest BCUT2D eigenvalue weighted by molar-refractivity contribution is 7.08. The Morgan fingerprint density at radius 2 is 2.15 bits per heavy atom. The fourth-order valence-electron chi connectivity index (χ4n) is 1.74. The van der Waals surface area contributed by atoms with E-state index in [1.807, 2.05) is 6.92 Å². The van der Waals surface area contributed by atoms with E-state index in [4.69, 9.17) is 4.74 Å². The second kappa shape index (κ2) is 3.50. The van der Waals surface area contributed by atoms with E-state index in [0.29, 0.717) is 6.61 Å². The maximum absolute atomic E-state index is 11.4. The number of ether oxygens (including phenoxy) is 1. The van der Waals surface area contributed by atoms with Crippen LogP contribution in [0.2, 0.25) is 0 Å². The molecule has 0 spiro atoms. The van der Waals surface area contributed by atoms with E-state index in [1.54, 1.807) is 11.3 Å². The number of thiophene rings is 1. The lowest BCUT2D eigenvalue weighted by Gasteiger charge is -2.07. The van der Waals surface area contributed by atoms with Gasteiger partial charge in [0.15, 0.2) is 0 Å². The third-order valence-corrected chi connectivity index (χ3v) is 3.23. The maximum Gasteiger partial charge on any atom is 0.309 e. The molecule has 0 N–H and O–H groups in total. The highest BCUT2D eigenvalue weighted by atomic mass is 32.1. The Morgan fingerprint density at radius 1 is 1.54 bits per heavy atom. The molecule has 1 aromatic rings. The zero-order valence-corrected chi connectivity index (χ0v) is 8.39. The minimum absolute atomic E-state index is 0.0382. The molecule has 0 saturated carbocycles. The van der Waals surface area contributed by atoms with Crippen LogP contribution in [0, 0.1) is 5.92 Å². The molecule has 1 heterocycles. The Morgan fingerprint density at radius 3 is 2.69 bits per heavy atom. The van der Waals surface area contributed by atoms with Crippen molar-refractivity contribution in [3.63, 3.8) is 0 Å². The second-order valence-corrected chi connectivity index (χ2v) is 4.02. The lowest BCUT2D eigenvalue weighted by Crippen LogP contribution is -2.17. The van der Waals surface area contributed by atoms with Crippen molar-refractivity contribution in [2.45, 2.75) is 19.8 Å². The molecule has 0 amide bonds. The highest BCUT2D eigenvalue weighted by Gasteiger charge is 2.28. The standard InChI is InChI=1S/C10H12O2S/c1-2-12-10(11)7-3-8-5-13-6-9(8)4-7/h5-7H,2-4H2,1H3. The minimum atomic E-state index is -0.0382. The summed E-state index contributed by atoms with van der Waals surface area (Å²) in [4.78, 5) is 11.4. The number of rotatable bonds is 2. The van der Waals surface area contributed by atoms with Gasteiger partial charge < -0.3 is 4.74 Å². The molecule has 1 aliphatic rings. The summed E-state index contributed by atoms with van der Waals surface area (Å²) < 4.78 is 4.99. The summed E-state index contributed by atoms with van der Waals surface area (Å²) in [5.74, 6) is 0.0436. The van der Waals surface area contributed by atoms with Gasteiger partial charge in [-0.15, -0.1) is 0 Å². The van der Waals surface area contributed by atoms with E-state index in [-0.39, 0.29) is 11.9 Å². The predicted molar refractivity (Wildman–Crippen MR) is 51.9 cm³/mol. The van der Waals surface area contributed by atoms with Gasteiger partial charge in [-0.1, -0.05) is 0 Å². The van der Waals surface area contributed by atoms with Crippen LogP contribution < -0.4 is 0 Å². The van der Waals surface area contributed by atoms with Gasteiger partial charge in [-0.05, 0) is 41.7 Å². The first-order valence-corrected chi connectivity index (χ1v) is 5.46. The number of hydrogen-bond donors (Lipinski definition) is 0. The molecule has 13 heavy (non-hydrogen) atoms. The molecule has 1 aromatic heterocycles. The van der Waals surface area contributed by atoms with Gasteiger partial charge in [0.25, 0.3) is 0 Å². The highest BCUT2D eigenvalue weighted by Crippen LogP contribution is 2.30. The zero-order valence-electron chi connectivity index (χ0n) is 7.58.